The van der Waals surface area contributed by atoms with Crippen molar-refractivity contribution in [2.45, 2.75) is 25.7 Å². The number of ether oxygens (including phenoxy) is 1. The van der Waals surface area contributed by atoms with Crippen molar-refractivity contribution in [3.05, 3.63) is 75.9 Å². The second-order valence-electron chi connectivity index (χ2n) is 6.50. The molecular weight excluding hydrogens is 554 g/mol. The fraction of sp³-hybridized carbons (Fsp3) is 0.286. The lowest BCUT2D eigenvalue weighted by Gasteiger charge is -2.12. The van der Waals surface area contributed by atoms with E-state index in [2.05, 4.69) is 25.6 Å². The van der Waals surface area contributed by atoms with Gasteiger partial charge in [-0.3, -0.25) is 4.99 Å². The van der Waals surface area contributed by atoms with Crippen molar-refractivity contribution in [1.29, 1.82) is 0 Å². The molecule has 6 nitrogen and oxygen atoms in total. The number of nitrogens with one attached hydrogen (secondary N) is 2. The van der Waals surface area contributed by atoms with E-state index >= 15 is 0 Å². The van der Waals surface area contributed by atoms with Gasteiger partial charge in [0.05, 0.1) is 5.01 Å². The first-order valence-corrected chi connectivity index (χ1v) is 10.4. The van der Waals surface area contributed by atoms with Crippen LogP contribution in [0.5, 0.6) is 5.88 Å². The second-order valence-corrected chi connectivity index (χ2v) is 7.45. The highest BCUT2D eigenvalue weighted by molar-refractivity contribution is 14.0. The largest absolute Gasteiger partial charge is 0.473 e. The van der Waals surface area contributed by atoms with Gasteiger partial charge in [0.25, 0.3) is 0 Å². The predicted octanol–water partition coefficient (Wildman–Crippen LogP) is 4.66. The Hall–Kier alpha value is -2.41. The minimum atomic E-state index is -4.41. The van der Waals surface area contributed by atoms with Crippen LogP contribution in [0.25, 0.3) is 0 Å². The van der Waals surface area contributed by atoms with Gasteiger partial charge in [0.15, 0.2) is 11.7 Å². The van der Waals surface area contributed by atoms with Crippen LogP contribution in [-0.2, 0) is 25.7 Å². The molecule has 172 valence electrons. The highest BCUT2D eigenvalue weighted by Crippen LogP contribution is 2.30. The Bertz CT molecular complexity index is 998. The molecule has 0 aliphatic carbocycles. The molecule has 0 atom stereocenters. The lowest BCUT2D eigenvalue weighted by atomic mass is 10.2. The molecule has 32 heavy (non-hydrogen) atoms. The maximum atomic E-state index is 12.6. The lowest BCUT2D eigenvalue weighted by molar-refractivity contribution is -0.140. The van der Waals surface area contributed by atoms with Gasteiger partial charge in [-0.25, -0.2) is 9.97 Å². The van der Waals surface area contributed by atoms with E-state index < -0.39 is 11.9 Å². The quantitative estimate of drug-likeness (QED) is 0.232. The van der Waals surface area contributed by atoms with Crippen molar-refractivity contribution in [2.24, 2.45) is 4.99 Å². The molecule has 0 saturated carbocycles. The second kappa shape index (κ2) is 12.6. The lowest BCUT2D eigenvalue weighted by Crippen LogP contribution is -2.37. The maximum absolute atomic E-state index is 12.6. The van der Waals surface area contributed by atoms with Gasteiger partial charge in [-0.05, 0) is 17.2 Å². The summed E-state index contributed by atoms with van der Waals surface area (Å²) in [6.07, 6.45) is -2.36. The monoisotopic (exact) mass is 577 g/mol. The first kappa shape index (κ1) is 25.8. The zero-order valence-corrected chi connectivity index (χ0v) is 20.4. The molecule has 11 heteroatoms. The molecule has 0 unspecified atom stereocenters. The molecule has 1 aromatic carbocycles. The molecule has 3 rings (SSSR count). The molecule has 0 spiro atoms. The van der Waals surface area contributed by atoms with Gasteiger partial charge in [-0.1, -0.05) is 30.3 Å². The van der Waals surface area contributed by atoms with E-state index in [4.69, 9.17) is 4.74 Å². The topological polar surface area (TPSA) is 71.4 Å². The van der Waals surface area contributed by atoms with E-state index in [9.17, 15) is 13.2 Å². The molecular formula is C21H23F3IN5OS. The number of hydrogen-bond acceptors (Lipinski definition) is 5. The summed E-state index contributed by atoms with van der Waals surface area (Å²) >= 11 is 0.998. The summed E-state index contributed by atoms with van der Waals surface area (Å²) in [5.41, 5.74) is 1.16. The zero-order valence-electron chi connectivity index (χ0n) is 17.2. The van der Waals surface area contributed by atoms with Crippen LogP contribution in [0.3, 0.4) is 0 Å². The average Bonchev–Trinajstić information content (AvgIpc) is 3.25. The summed E-state index contributed by atoms with van der Waals surface area (Å²) in [4.78, 5) is 12.0. The molecule has 0 fully saturated rings. The molecule has 0 aliphatic heterocycles. The van der Waals surface area contributed by atoms with Crippen molar-refractivity contribution in [3.8, 4) is 5.88 Å². The predicted molar refractivity (Wildman–Crippen MR) is 129 cm³/mol. The minimum absolute atomic E-state index is 0. The molecule has 0 aliphatic rings. The van der Waals surface area contributed by atoms with Crippen molar-refractivity contribution in [3.63, 3.8) is 0 Å². The van der Waals surface area contributed by atoms with Crippen molar-refractivity contribution >= 4 is 41.3 Å². The summed E-state index contributed by atoms with van der Waals surface area (Å²) in [6.45, 7) is 1.33. The molecule has 2 heterocycles. The van der Waals surface area contributed by atoms with E-state index in [0.717, 1.165) is 27.8 Å². The SMILES string of the molecule is CN=C(NCCc1nc(C(F)(F)F)cs1)NCc1ccnc(OCc2ccccc2)c1.I. The number of hydrogen-bond donors (Lipinski definition) is 2. The van der Waals surface area contributed by atoms with Crippen LogP contribution in [0.4, 0.5) is 13.2 Å². The van der Waals surface area contributed by atoms with Gasteiger partial charge in [-0.15, -0.1) is 35.3 Å². The fourth-order valence-electron chi connectivity index (χ4n) is 2.62. The van der Waals surface area contributed by atoms with Crippen molar-refractivity contribution < 1.29 is 17.9 Å². The Balaban J connectivity index is 0.00000363. The molecule has 2 aromatic heterocycles. The van der Waals surface area contributed by atoms with Gasteiger partial charge in [0.2, 0.25) is 5.88 Å². The number of nitrogens with zero attached hydrogens (tertiary/aromatic N) is 3. The number of alkyl halides is 3. The third-order valence-corrected chi connectivity index (χ3v) is 5.09. The molecule has 0 saturated heterocycles. The summed E-state index contributed by atoms with van der Waals surface area (Å²) in [5, 5.41) is 7.69. The molecule has 3 aromatic rings. The van der Waals surface area contributed by atoms with Crippen molar-refractivity contribution in [1.82, 2.24) is 20.6 Å². The Morgan fingerprint density at radius 1 is 1.12 bits per heavy atom. The standard InChI is InChI=1S/C21H22F3N5OS.HI/c1-25-20(27-10-8-19-29-17(14-31-19)21(22,23)24)28-12-16-7-9-26-18(11-16)30-13-15-5-3-2-4-6-15;/h2-7,9,11,14H,8,10,12-13H2,1H3,(H2,25,27,28);1H. The van der Waals surface area contributed by atoms with Crippen LogP contribution in [0.2, 0.25) is 0 Å². The van der Waals surface area contributed by atoms with Gasteiger partial charge in [-0.2, -0.15) is 13.2 Å². The Morgan fingerprint density at radius 2 is 1.91 bits per heavy atom. The summed E-state index contributed by atoms with van der Waals surface area (Å²) in [6, 6.07) is 13.5. The Labute approximate surface area is 205 Å². The molecule has 0 bridgehead atoms. The third-order valence-electron chi connectivity index (χ3n) is 4.19. The maximum Gasteiger partial charge on any atom is 0.434 e. The van der Waals surface area contributed by atoms with Gasteiger partial charge in [0, 0.05) is 44.2 Å². The Morgan fingerprint density at radius 3 is 2.59 bits per heavy atom. The van der Waals surface area contributed by atoms with Crippen LogP contribution in [0.15, 0.2) is 59.0 Å². The van der Waals surface area contributed by atoms with Gasteiger partial charge >= 0.3 is 6.18 Å². The first-order chi connectivity index (χ1) is 14.9. The van der Waals surface area contributed by atoms with Crippen LogP contribution in [0, 0.1) is 0 Å². The van der Waals surface area contributed by atoms with Gasteiger partial charge in [0.1, 0.15) is 6.61 Å². The summed E-state index contributed by atoms with van der Waals surface area (Å²) in [7, 11) is 1.63. The average molecular weight is 577 g/mol. The number of aromatic nitrogens is 2. The normalized spacial score (nSPS) is 11.6. The third kappa shape index (κ3) is 8.26. The van der Waals surface area contributed by atoms with E-state index in [1.54, 1.807) is 13.2 Å². The number of rotatable bonds is 8. The molecule has 0 radical (unpaired) electrons. The van der Waals surface area contributed by atoms with Crippen LogP contribution < -0.4 is 15.4 Å². The summed E-state index contributed by atoms with van der Waals surface area (Å²) < 4.78 is 43.6. The number of pyridine rings is 1. The molecule has 0 amide bonds. The highest BCUT2D eigenvalue weighted by atomic mass is 127. The zero-order chi connectivity index (χ0) is 22.1. The van der Waals surface area contributed by atoms with Crippen molar-refractivity contribution in [2.75, 3.05) is 13.6 Å². The number of aliphatic imine (C=N–C) groups is 1. The van der Waals surface area contributed by atoms with E-state index in [1.165, 1.54) is 0 Å². The summed E-state index contributed by atoms with van der Waals surface area (Å²) in [5.74, 6) is 1.06. The first-order valence-electron chi connectivity index (χ1n) is 9.52. The van der Waals surface area contributed by atoms with Gasteiger partial charge < -0.3 is 15.4 Å². The minimum Gasteiger partial charge on any atom is -0.473 e. The van der Waals surface area contributed by atoms with Crippen LogP contribution in [0.1, 0.15) is 21.8 Å². The van der Waals surface area contributed by atoms with E-state index in [0.29, 0.717) is 43.0 Å². The smallest absolute Gasteiger partial charge is 0.434 e. The number of benzene rings is 1. The van der Waals surface area contributed by atoms with E-state index in [1.807, 2.05) is 42.5 Å². The fourth-order valence-corrected chi connectivity index (χ4v) is 3.43. The van der Waals surface area contributed by atoms with Crippen LogP contribution >= 0.6 is 35.3 Å². The highest BCUT2D eigenvalue weighted by Gasteiger charge is 2.33. The number of guanidine groups is 1. The number of halogens is 4. The molecule has 2 N–H and O–H groups in total. The van der Waals surface area contributed by atoms with Crippen LogP contribution in [-0.4, -0.2) is 29.5 Å². The van der Waals surface area contributed by atoms with E-state index in [-0.39, 0.29) is 24.0 Å². The Kier molecular flexibility index (Phi) is 10.2. The number of thiazole rings is 1.